The van der Waals surface area contributed by atoms with Crippen LogP contribution in [0.5, 0.6) is 5.75 Å². The van der Waals surface area contributed by atoms with E-state index in [0.717, 1.165) is 10.9 Å². The van der Waals surface area contributed by atoms with E-state index in [-0.39, 0.29) is 17.1 Å². The van der Waals surface area contributed by atoms with Gasteiger partial charge in [0.15, 0.2) is 17.1 Å². The van der Waals surface area contributed by atoms with Crippen LogP contribution in [0.25, 0.3) is 21.8 Å². The first-order chi connectivity index (χ1) is 12.6. The fourth-order valence-corrected chi connectivity index (χ4v) is 2.66. The highest BCUT2D eigenvalue weighted by molar-refractivity contribution is 6.00. The van der Waals surface area contributed by atoms with Crippen molar-refractivity contribution in [3.05, 3.63) is 66.5 Å². The number of aromatic hydroxyl groups is 1. The number of carboxylic acid groups (broad SMARTS) is 1. The van der Waals surface area contributed by atoms with Crippen LogP contribution in [0.4, 0.5) is 11.4 Å². The molecule has 2 N–H and O–H groups in total. The number of azo groups is 1. The Kier molecular flexibility index (Phi) is 3.74. The van der Waals surface area contributed by atoms with E-state index in [9.17, 15) is 15.0 Å². The monoisotopic (exact) mass is 344 g/mol. The van der Waals surface area contributed by atoms with Crippen molar-refractivity contribution < 1.29 is 15.0 Å². The molecule has 0 unspecified atom stereocenters. The van der Waals surface area contributed by atoms with Crippen LogP contribution in [0.15, 0.2) is 71.0 Å². The summed E-state index contributed by atoms with van der Waals surface area (Å²) in [6, 6.07) is 15.7. The zero-order valence-corrected chi connectivity index (χ0v) is 13.4. The summed E-state index contributed by atoms with van der Waals surface area (Å²) in [6.45, 7) is 0. The number of aromatic carboxylic acids is 1. The molecule has 126 valence electrons. The summed E-state index contributed by atoms with van der Waals surface area (Å²) < 4.78 is 0. The minimum absolute atomic E-state index is 0.178. The van der Waals surface area contributed by atoms with Gasteiger partial charge in [-0.2, -0.15) is 5.11 Å². The van der Waals surface area contributed by atoms with Gasteiger partial charge in [0.2, 0.25) is 0 Å². The maximum absolute atomic E-state index is 11.5. The van der Waals surface area contributed by atoms with E-state index in [1.807, 2.05) is 12.1 Å². The molecule has 0 saturated heterocycles. The quantitative estimate of drug-likeness (QED) is 0.528. The second-order valence-electron chi connectivity index (χ2n) is 5.56. The molecule has 4 aromatic rings. The normalized spacial score (nSPS) is 11.4. The lowest BCUT2D eigenvalue weighted by molar-refractivity contribution is 0.0691. The summed E-state index contributed by atoms with van der Waals surface area (Å²) in [7, 11) is 0. The number of nitrogens with zero attached hydrogens (tertiary/aromatic N) is 4. The Bertz CT molecular complexity index is 1190. The maximum Gasteiger partial charge on any atom is 0.357 e. The van der Waals surface area contributed by atoms with Gasteiger partial charge in [0, 0.05) is 17.0 Å². The fourth-order valence-electron chi connectivity index (χ4n) is 2.66. The van der Waals surface area contributed by atoms with Crippen molar-refractivity contribution >= 4 is 39.1 Å². The van der Waals surface area contributed by atoms with E-state index in [0.29, 0.717) is 16.6 Å². The maximum atomic E-state index is 11.5. The van der Waals surface area contributed by atoms with Crippen LogP contribution >= 0.6 is 0 Å². The average molecular weight is 344 g/mol. The third-order valence-electron chi connectivity index (χ3n) is 3.89. The molecule has 2 aromatic carbocycles. The van der Waals surface area contributed by atoms with Gasteiger partial charge in [-0.05, 0) is 36.4 Å². The van der Waals surface area contributed by atoms with E-state index < -0.39 is 5.97 Å². The lowest BCUT2D eigenvalue weighted by Gasteiger charge is -2.06. The molecule has 0 aliphatic heterocycles. The van der Waals surface area contributed by atoms with E-state index in [1.165, 1.54) is 0 Å². The number of benzene rings is 2. The van der Waals surface area contributed by atoms with Gasteiger partial charge in [0.1, 0.15) is 0 Å². The third kappa shape index (κ3) is 2.71. The van der Waals surface area contributed by atoms with Crippen LogP contribution in [-0.4, -0.2) is 26.2 Å². The molecule has 2 aromatic heterocycles. The van der Waals surface area contributed by atoms with Crippen molar-refractivity contribution in [2.75, 3.05) is 0 Å². The zero-order valence-electron chi connectivity index (χ0n) is 13.4. The number of carboxylic acids is 1. The number of para-hydroxylation sites is 1. The standard InChI is InChI=1S/C19H12N4O3/c24-18-13-5-1-2-6-15(13)21-17(19(25)26)16(18)23-22-12-7-8-14-11(10-12)4-3-9-20-14/h1-10H,(H,21,24)(H,25,26)/b23-22+. The van der Waals surface area contributed by atoms with Gasteiger partial charge >= 0.3 is 5.97 Å². The SMILES string of the molecule is O=C(O)c1nc2ccccc2c(O)c1/N=N/c1ccc2ncccc2c1. The van der Waals surface area contributed by atoms with Gasteiger partial charge in [0.05, 0.1) is 16.7 Å². The van der Waals surface area contributed by atoms with Gasteiger partial charge in [0.25, 0.3) is 0 Å². The highest BCUT2D eigenvalue weighted by atomic mass is 16.4. The second kappa shape index (κ2) is 6.21. The van der Waals surface area contributed by atoms with E-state index in [2.05, 4.69) is 20.2 Å². The second-order valence-corrected chi connectivity index (χ2v) is 5.56. The van der Waals surface area contributed by atoms with Gasteiger partial charge in [-0.1, -0.05) is 18.2 Å². The highest BCUT2D eigenvalue weighted by Crippen LogP contribution is 2.37. The number of carbonyl (C=O) groups is 1. The lowest BCUT2D eigenvalue weighted by Crippen LogP contribution is -2.01. The van der Waals surface area contributed by atoms with Crippen molar-refractivity contribution in [3.63, 3.8) is 0 Å². The first-order valence-electron chi connectivity index (χ1n) is 7.75. The topological polar surface area (TPSA) is 108 Å². The molecule has 0 aliphatic carbocycles. The van der Waals surface area contributed by atoms with Crippen LogP contribution in [0.1, 0.15) is 10.5 Å². The van der Waals surface area contributed by atoms with Crippen molar-refractivity contribution in [2.24, 2.45) is 10.2 Å². The molecule has 7 nitrogen and oxygen atoms in total. The first-order valence-corrected chi connectivity index (χ1v) is 7.75. The minimum atomic E-state index is -1.29. The molecule has 0 atom stereocenters. The number of pyridine rings is 2. The van der Waals surface area contributed by atoms with E-state index >= 15 is 0 Å². The van der Waals surface area contributed by atoms with Crippen molar-refractivity contribution in [2.45, 2.75) is 0 Å². The lowest BCUT2D eigenvalue weighted by atomic mass is 10.1. The van der Waals surface area contributed by atoms with Gasteiger partial charge in [-0.3, -0.25) is 4.98 Å². The summed E-state index contributed by atoms with van der Waals surface area (Å²) in [5, 5.41) is 29.2. The van der Waals surface area contributed by atoms with Crippen LogP contribution in [0.3, 0.4) is 0 Å². The average Bonchev–Trinajstić information content (AvgIpc) is 2.67. The van der Waals surface area contributed by atoms with Crippen LogP contribution in [0, 0.1) is 0 Å². The Hall–Kier alpha value is -3.87. The molecule has 0 radical (unpaired) electrons. The number of aromatic nitrogens is 2. The molecule has 0 saturated carbocycles. The van der Waals surface area contributed by atoms with Crippen molar-refractivity contribution in [1.29, 1.82) is 0 Å². The molecule has 2 heterocycles. The number of rotatable bonds is 3. The fraction of sp³-hybridized carbons (Fsp3) is 0. The van der Waals surface area contributed by atoms with E-state index in [4.69, 9.17) is 0 Å². The van der Waals surface area contributed by atoms with Crippen LogP contribution in [0.2, 0.25) is 0 Å². The van der Waals surface area contributed by atoms with Gasteiger partial charge in [-0.25, -0.2) is 9.78 Å². The zero-order chi connectivity index (χ0) is 18.1. The van der Waals surface area contributed by atoms with E-state index in [1.54, 1.807) is 48.7 Å². The Morgan fingerprint density at radius 1 is 0.962 bits per heavy atom. The number of hydrogen-bond donors (Lipinski definition) is 2. The van der Waals surface area contributed by atoms with Crippen LogP contribution < -0.4 is 0 Å². The molecular weight excluding hydrogens is 332 g/mol. The first kappa shape index (κ1) is 15.6. The number of hydrogen-bond acceptors (Lipinski definition) is 6. The molecule has 0 spiro atoms. The molecule has 0 bridgehead atoms. The largest absolute Gasteiger partial charge is 0.505 e. The Morgan fingerprint density at radius 2 is 1.81 bits per heavy atom. The molecule has 7 heteroatoms. The predicted molar refractivity (Wildman–Crippen MR) is 96.3 cm³/mol. The Morgan fingerprint density at radius 3 is 2.65 bits per heavy atom. The molecule has 0 aliphatic rings. The summed E-state index contributed by atoms with van der Waals surface area (Å²) in [5.74, 6) is -1.55. The summed E-state index contributed by atoms with van der Waals surface area (Å²) in [6.07, 6.45) is 1.70. The molecular formula is C19H12N4O3. The van der Waals surface area contributed by atoms with Gasteiger partial charge < -0.3 is 10.2 Å². The molecule has 0 fully saturated rings. The summed E-state index contributed by atoms with van der Waals surface area (Å²) in [4.78, 5) is 19.8. The third-order valence-corrected chi connectivity index (χ3v) is 3.89. The smallest absolute Gasteiger partial charge is 0.357 e. The summed E-state index contributed by atoms with van der Waals surface area (Å²) in [5.41, 5.74) is 1.16. The van der Waals surface area contributed by atoms with Crippen LogP contribution in [-0.2, 0) is 0 Å². The van der Waals surface area contributed by atoms with Crippen molar-refractivity contribution in [3.8, 4) is 5.75 Å². The Labute approximate surface area is 147 Å². The van der Waals surface area contributed by atoms with Crippen molar-refractivity contribution in [1.82, 2.24) is 9.97 Å². The molecule has 0 amide bonds. The predicted octanol–water partition coefficient (Wildman–Crippen LogP) is 4.60. The number of fused-ring (bicyclic) bond motifs is 2. The molecule has 26 heavy (non-hydrogen) atoms. The minimum Gasteiger partial charge on any atom is -0.505 e. The van der Waals surface area contributed by atoms with Gasteiger partial charge in [-0.15, -0.1) is 5.11 Å². The Balaban J connectivity index is 1.84. The highest BCUT2D eigenvalue weighted by Gasteiger charge is 2.19. The molecule has 4 rings (SSSR count). The summed E-state index contributed by atoms with van der Waals surface area (Å²) >= 11 is 0.